The van der Waals surface area contributed by atoms with Gasteiger partial charge in [0, 0.05) is 25.7 Å². The predicted octanol–water partition coefficient (Wildman–Crippen LogP) is 2.05. The molecule has 120 valence electrons. The number of carboxylic acid groups (broad SMARTS) is 1. The number of rotatable bonds is 5. The Morgan fingerprint density at radius 1 is 1.36 bits per heavy atom. The zero-order chi connectivity index (χ0) is 16.1. The Labute approximate surface area is 130 Å². The maximum Gasteiger partial charge on any atom is 0.407 e. The average Bonchev–Trinajstić information content (AvgIpc) is 2.95. The van der Waals surface area contributed by atoms with Crippen LogP contribution in [0, 0.1) is 0 Å². The SMILES string of the molecule is COC(=O)c1ccc(CN(C)CC2CCCN2C(=O)O)cc1. The van der Waals surface area contributed by atoms with Gasteiger partial charge in [0.2, 0.25) is 0 Å². The molecule has 1 saturated heterocycles. The Morgan fingerprint density at radius 3 is 2.64 bits per heavy atom. The molecule has 1 aromatic carbocycles. The van der Waals surface area contributed by atoms with Crippen LogP contribution in [-0.4, -0.2) is 60.3 Å². The van der Waals surface area contributed by atoms with Crippen molar-refractivity contribution in [2.24, 2.45) is 0 Å². The number of hydrogen-bond donors (Lipinski definition) is 1. The van der Waals surface area contributed by atoms with E-state index in [0.29, 0.717) is 25.2 Å². The summed E-state index contributed by atoms with van der Waals surface area (Å²) >= 11 is 0. The zero-order valence-electron chi connectivity index (χ0n) is 13.0. The minimum Gasteiger partial charge on any atom is -0.465 e. The molecule has 2 rings (SSSR count). The average molecular weight is 306 g/mol. The molecule has 1 unspecified atom stereocenters. The van der Waals surface area contributed by atoms with Gasteiger partial charge in [0.05, 0.1) is 12.7 Å². The van der Waals surface area contributed by atoms with E-state index in [0.717, 1.165) is 18.4 Å². The second-order valence-electron chi connectivity index (χ2n) is 5.66. The molecule has 1 aliphatic heterocycles. The summed E-state index contributed by atoms with van der Waals surface area (Å²) in [6.07, 6.45) is 1.01. The van der Waals surface area contributed by atoms with Gasteiger partial charge < -0.3 is 19.6 Å². The quantitative estimate of drug-likeness (QED) is 0.843. The maximum absolute atomic E-state index is 11.4. The number of methoxy groups -OCH3 is 1. The monoisotopic (exact) mass is 306 g/mol. The lowest BCUT2D eigenvalue weighted by atomic mass is 10.1. The third-order valence-electron chi connectivity index (χ3n) is 3.97. The van der Waals surface area contributed by atoms with Crippen LogP contribution in [0.1, 0.15) is 28.8 Å². The number of esters is 1. The van der Waals surface area contributed by atoms with Crippen LogP contribution >= 0.6 is 0 Å². The molecule has 1 heterocycles. The van der Waals surface area contributed by atoms with E-state index in [1.54, 1.807) is 12.1 Å². The molecule has 1 atom stereocenters. The lowest BCUT2D eigenvalue weighted by Gasteiger charge is -2.26. The Bertz CT molecular complexity index is 529. The van der Waals surface area contributed by atoms with Crippen molar-refractivity contribution in [3.63, 3.8) is 0 Å². The fraction of sp³-hybridized carbons (Fsp3) is 0.500. The van der Waals surface area contributed by atoms with Gasteiger partial charge in [0.15, 0.2) is 0 Å². The Morgan fingerprint density at radius 2 is 2.05 bits per heavy atom. The summed E-state index contributed by atoms with van der Waals surface area (Å²) in [6, 6.07) is 7.35. The number of nitrogens with zero attached hydrogens (tertiary/aromatic N) is 2. The van der Waals surface area contributed by atoms with Crippen LogP contribution in [0.4, 0.5) is 4.79 Å². The van der Waals surface area contributed by atoms with E-state index in [1.165, 1.54) is 12.0 Å². The number of benzene rings is 1. The number of hydrogen-bond acceptors (Lipinski definition) is 4. The molecule has 6 nitrogen and oxygen atoms in total. The smallest absolute Gasteiger partial charge is 0.407 e. The standard InChI is InChI=1S/C16H22N2O4/c1-17(11-14-4-3-9-18(14)16(20)21)10-12-5-7-13(8-6-12)15(19)22-2/h5-8,14H,3-4,9-11H2,1-2H3,(H,20,21). The van der Waals surface area contributed by atoms with Gasteiger partial charge in [-0.25, -0.2) is 9.59 Å². The predicted molar refractivity (Wildman–Crippen MR) is 81.9 cm³/mol. The van der Waals surface area contributed by atoms with Crippen molar-refractivity contribution in [2.45, 2.75) is 25.4 Å². The minimum atomic E-state index is -0.835. The molecule has 0 aliphatic carbocycles. The highest BCUT2D eigenvalue weighted by atomic mass is 16.5. The molecule has 0 bridgehead atoms. The third kappa shape index (κ3) is 3.98. The number of amides is 1. The second-order valence-corrected chi connectivity index (χ2v) is 5.66. The summed E-state index contributed by atoms with van der Waals surface area (Å²) in [5.74, 6) is -0.344. The zero-order valence-corrected chi connectivity index (χ0v) is 13.0. The third-order valence-corrected chi connectivity index (χ3v) is 3.97. The number of likely N-dealkylation sites (tertiary alicyclic amines) is 1. The van der Waals surface area contributed by atoms with Gasteiger partial charge in [0.1, 0.15) is 0 Å². The van der Waals surface area contributed by atoms with Crippen LogP contribution in [0.2, 0.25) is 0 Å². The molecule has 6 heteroatoms. The molecule has 1 amide bonds. The molecular weight excluding hydrogens is 284 g/mol. The van der Waals surface area contributed by atoms with E-state index < -0.39 is 6.09 Å². The van der Waals surface area contributed by atoms with Gasteiger partial charge in [0.25, 0.3) is 0 Å². The fourth-order valence-electron chi connectivity index (χ4n) is 2.88. The topological polar surface area (TPSA) is 70.1 Å². The van der Waals surface area contributed by atoms with Gasteiger partial charge in [-0.05, 0) is 37.6 Å². The van der Waals surface area contributed by atoms with E-state index >= 15 is 0 Å². The molecule has 1 N–H and O–H groups in total. The van der Waals surface area contributed by atoms with E-state index in [4.69, 9.17) is 5.11 Å². The van der Waals surface area contributed by atoms with Crippen molar-refractivity contribution in [3.8, 4) is 0 Å². The fourth-order valence-corrected chi connectivity index (χ4v) is 2.88. The van der Waals surface area contributed by atoms with Gasteiger partial charge in [-0.1, -0.05) is 12.1 Å². The number of ether oxygens (including phenoxy) is 1. The molecule has 1 fully saturated rings. The van der Waals surface area contributed by atoms with Crippen LogP contribution in [-0.2, 0) is 11.3 Å². The van der Waals surface area contributed by atoms with E-state index in [-0.39, 0.29) is 12.0 Å². The molecular formula is C16H22N2O4. The first-order valence-electron chi connectivity index (χ1n) is 7.36. The molecule has 1 aliphatic rings. The van der Waals surface area contributed by atoms with Crippen molar-refractivity contribution < 1.29 is 19.4 Å². The maximum atomic E-state index is 11.4. The summed E-state index contributed by atoms with van der Waals surface area (Å²) in [7, 11) is 3.34. The van der Waals surface area contributed by atoms with Gasteiger partial charge in [-0.15, -0.1) is 0 Å². The van der Waals surface area contributed by atoms with E-state index in [2.05, 4.69) is 9.64 Å². The van der Waals surface area contributed by atoms with Gasteiger partial charge in [-0.2, -0.15) is 0 Å². The van der Waals surface area contributed by atoms with Crippen molar-refractivity contribution in [1.82, 2.24) is 9.80 Å². The van der Waals surface area contributed by atoms with E-state index in [9.17, 15) is 9.59 Å². The largest absolute Gasteiger partial charge is 0.465 e. The van der Waals surface area contributed by atoms with Crippen LogP contribution in [0.5, 0.6) is 0 Å². The first-order valence-corrected chi connectivity index (χ1v) is 7.36. The van der Waals surface area contributed by atoms with Crippen LogP contribution in [0.25, 0.3) is 0 Å². The van der Waals surface area contributed by atoms with Crippen molar-refractivity contribution in [3.05, 3.63) is 35.4 Å². The van der Waals surface area contributed by atoms with E-state index in [1.807, 2.05) is 19.2 Å². The first-order chi connectivity index (χ1) is 10.5. The number of carbonyl (C=O) groups excluding carboxylic acids is 1. The lowest BCUT2D eigenvalue weighted by Crippen LogP contribution is -2.41. The summed E-state index contributed by atoms with van der Waals surface area (Å²) in [4.78, 5) is 26.2. The molecule has 0 radical (unpaired) electrons. The Kier molecular flexibility index (Phi) is 5.38. The number of likely N-dealkylation sites (N-methyl/N-ethyl adjacent to an activating group) is 1. The highest BCUT2D eigenvalue weighted by Crippen LogP contribution is 2.18. The minimum absolute atomic E-state index is 0.0665. The molecule has 0 saturated carbocycles. The Balaban J connectivity index is 1.90. The van der Waals surface area contributed by atoms with Crippen LogP contribution < -0.4 is 0 Å². The van der Waals surface area contributed by atoms with Gasteiger partial charge >= 0.3 is 12.1 Å². The summed E-state index contributed by atoms with van der Waals surface area (Å²) < 4.78 is 4.67. The summed E-state index contributed by atoms with van der Waals surface area (Å²) in [5, 5.41) is 9.16. The van der Waals surface area contributed by atoms with Gasteiger partial charge in [-0.3, -0.25) is 0 Å². The summed E-state index contributed by atoms with van der Waals surface area (Å²) in [5.41, 5.74) is 1.61. The second kappa shape index (κ2) is 7.26. The lowest BCUT2D eigenvalue weighted by molar-refractivity contribution is 0.0600. The highest BCUT2D eigenvalue weighted by Gasteiger charge is 2.29. The van der Waals surface area contributed by atoms with Crippen molar-refractivity contribution >= 4 is 12.1 Å². The van der Waals surface area contributed by atoms with Crippen molar-refractivity contribution in [2.75, 3.05) is 27.2 Å². The Hall–Kier alpha value is -2.08. The summed E-state index contributed by atoms with van der Waals surface area (Å²) in [6.45, 7) is 2.05. The molecule has 22 heavy (non-hydrogen) atoms. The first kappa shape index (κ1) is 16.3. The van der Waals surface area contributed by atoms with Crippen LogP contribution in [0.3, 0.4) is 0 Å². The molecule has 0 spiro atoms. The molecule has 0 aromatic heterocycles. The number of carbonyl (C=O) groups is 2. The van der Waals surface area contributed by atoms with Crippen molar-refractivity contribution in [1.29, 1.82) is 0 Å². The normalized spacial score (nSPS) is 17.8. The highest BCUT2D eigenvalue weighted by molar-refractivity contribution is 5.89. The van der Waals surface area contributed by atoms with Crippen LogP contribution in [0.15, 0.2) is 24.3 Å². The molecule has 1 aromatic rings.